The first kappa shape index (κ1) is 12.3. The summed E-state index contributed by atoms with van der Waals surface area (Å²) in [4.78, 5) is 0. The molecule has 0 aromatic heterocycles. The number of aryl methyl sites for hydroxylation is 2. The minimum absolute atomic E-state index is 0.884. The maximum atomic E-state index is 5.04. The summed E-state index contributed by atoms with van der Waals surface area (Å²) in [6.45, 7) is 3.11. The minimum atomic E-state index is 0.884. The molecule has 84 valence electrons. The van der Waals surface area contributed by atoms with E-state index >= 15 is 0 Å². The Labute approximate surface area is 93.5 Å². The molecule has 0 bridgehead atoms. The van der Waals surface area contributed by atoms with Crippen LogP contribution in [0, 0.1) is 0 Å². The lowest BCUT2D eigenvalue weighted by Gasteiger charge is -2.04. The van der Waals surface area contributed by atoms with Crippen molar-refractivity contribution in [3.8, 4) is 0 Å². The highest BCUT2D eigenvalue weighted by Gasteiger charge is 1.96. The first-order chi connectivity index (χ1) is 7.36. The monoisotopic (exact) mass is 206 g/mol. The molecule has 0 saturated carbocycles. The summed E-state index contributed by atoms with van der Waals surface area (Å²) in [5.74, 6) is 0. The number of methoxy groups -OCH3 is 1. The van der Waals surface area contributed by atoms with Gasteiger partial charge in [0.25, 0.3) is 0 Å². The molecular weight excluding hydrogens is 184 g/mol. The number of rotatable bonds is 7. The number of ether oxygens (including phenoxy) is 1. The van der Waals surface area contributed by atoms with E-state index in [1.807, 2.05) is 0 Å². The quantitative estimate of drug-likeness (QED) is 0.619. The van der Waals surface area contributed by atoms with Crippen LogP contribution in [0.1, 0.15) is 37.3 Å². The highest BCUT2D eigenvalue weighted by Crippen LogP contribution is 2.10. The largest absolute Gasteiger partial charge is 0.385 e. The first-order valence-corrected chi connectivity index (χ1v) is 5.93. The zero-order valence-electron chi connectivity index (χ0n) is 9.96. The SMILES string of the molecule is CCCc1cccc(CCCCOC)c1. The normalized spacial score (nSPS) is 10.5. The second kappa shape index (κ2) is 7.47. The summed E-state index contributed by atoms with van der Waals surface area (Å²) in [6.07, 6.45) is 6.00. The van der Waals surface area contributed by atoms with Crippen LogP contribution in [0.2, 0.25) is 0 Å². The number of benzene rings is 1. The van der Waals surface area contributed by atoms with Crippen LogP contribution in [-0.2, 0) is 17.6 Å². The van der Waals surface area contributed by atoms with Crippen molar-refractivity contribution in [2.24, 2.45) is 0 Å². The fraction of sp³-hybridized carbons (Fsp3) is 0.571. The third-order valence-electron chi connectivity index (χ3n) is 2.59. The van der Waals surface area contributed by atoms with Crippen LogP contribution in [0.5, 0.6) is 0 Å². The van der Waals surface area contributed by atoms with Gasteiger partial charge in [-0.05, 0) is 36.8 Å². The van der Waals surface area contributed by atoms with Gasteiger partial charge in [0, 0.05) is 13.7 Å². The van der Waals surface area contributed by atoms with Crippen LogP contribution in [0.3, 0.4) is 0 Å². The van der Waals surface area contributed by atoms with Crippen LogP contribution < -0.4 is 0 Å². The average Bonchev–Trinajstić information content (AvgIpc) is 2.26. The molecule has 1 aromatic carbocycles. The Balaban J connectivity index is 2.36. The van der Waals surface area contributed by atoms with Gasteiger partial charge < -0.3 is 4.74 Å². The lowest BCUT2D eigenvalue weighted by atomic mass is 10.0. The highest BCUT2D eigenvalue weighted by molar-refractivity contribution is 5.23. The summed E-state index contributed by atoms with van der Waals surface area (Å²) >= 11 is 0. The summed E-state index contributed by atoms with van der Waals surface area (Å²) in [5, 5.41) is 0. The predicted molar refractivity (Wildman–Crippen MR) is 65.3 cm³/mol. The maximum Gasteiger partial charge on any atom is 0.0462 e. The second-order valence-electron chi connectivity index (χ2n) is 4.02. The van der Waals surface area contributed by atoms with Crippen LogP contribution in [0.4, 0.5) is 0 Å². The van der Waals surface area contributed by atoms with Gasteiger partial charge in [-0.2, -0.15) is 0 Å². The molecule has 0 radical (unpaired) electrons. The van der Waals surface area contributed by atoms with Crippen molar-refractivity contribution >= 4 is 0 Å². The van der Waals surface area contributed by atoms with E-state index in [-0.39, 0.29) is 0 Å². The van der Waals surface area contributed by atoms with E-state index in [1.54, 1.807) is 7.11 Å². The Morgan fingerprint density at radius 2 is 1.80 bits per heavy atom. The van der Waals surface area contributed by atoms with Gasteiger partial charge in [0.2, 0.25) is 0 Å². The molecule has 0 aliphatic carbocycles. The van der Waals surface area contributed by atoms with Gasteiger partial charge in [0.1, 0.15) is 0 Å². The van der Waals surface area contributed by atoms with Gasteiger partial charge >= 0.3 is 0 Å². The highest BCUT2D eigenvalue weighted by atomic mass is 16.5. The zero-order valence-corrected chi connectivity index (χ0v) is 9.96. The number of hydrogen-bond acceptors (Lipinski definition) is 1. The van der Waals surface area contributed by atoms with Crippen molar-refractivity contribution in [1.29, 1.82) is 0 Å². The molecule has 1 heteroatoms. The summed E-state index contributed by atoms with van der Waals surface area (Å²) < 4.78 is 5.04. The fourth-order valence-corrected chi connectivity index (χ4v) is 1.80. The van der Waals surface area contributed by atoms with E-state index < -0.39 is 0 Å². The van der Waals surface area contributed by atoms with Crippen molar-refractivity contribution in [2.75, 3.05) is 13.7 Å². The molecule has 0 atom stereocenters. The molecule has 0 saturated heterocycles. The summed E-state index contributed by atoms with van der Waals surface area (Å²) in [5.41, 5.74) is 2.94. The first-order valence-electron chi connectivity index (χ1n) is 5.93. The van der Waals surface area contributed by atoms with Gasteiger partial charge in [-0.1, -0.05) is 37.6 Å². The van der Waals surface area contributed by atoms with Gasteiger partial charge in [0.15, 0.2) is 0 Å². The van der Waals surface area contributed by atoms with E-state index in [0.717, 1.165) is 13.0 Å². The number of hydrogen-bond donors (Lipinski definition) is 0. The van der Waals surface area contributed by atoms with Crippen LogP contribution in [-0.4, -0.2) is 13.7 Å². The Morgan fingerprint density at radius 3 is 2.47 bits per heavy atom. The summed E-state index contributed by atoms with van der Waals surface area (Å²) in [7, 11) is 1.77. The Kier molecular flexibility index (Phi) is 6.10. The van der Waals surface area contributed by atoms with Gasteiger partial charge in [0.05, 0.1) is 0 Å². The van der Waals surface area contributed by atoms with Crippen molar-refractivity contribution in [3.63, 3.8) is 0 Å². The molecule has 0 heterocycles. The van der Waals surface area contributed by atoms with Gasteiger partial charge in [-0.3, -0.25) is 0 Å². The minimum Gasteiger partial charge on any atom is -0.385 e. The molecule has 0 aliphatic rings. The van der Waals surface area contributed by atoms with Gasteiger partial charge in [-0.25, -0.2) is 0 Å². The van der Waals surface area contributed by atoms with Gasteiger partial charge in [-0.15, -0.1) is 0 Å². The molecule has 0 unspecified atom stereocenters. The zero-order chi connectivity index (χ0) is 10.9. The number of unbranched alkanes of at least 4 members (excludes halogenated alkanes) is 1. The lowest BCUT2D eigenvalue weighted by molar-refractivity contribution is 0.193. The molecule has 1 rings (SSSR count). The maximum absolute atomic E-state index is 5.04. The molecule has 0 aliphatic heterocycles. The smallest absolute Gasteiger partial charge is 0.0462 e. The standard InChI is InChI=1S/C14H22O/c1-3-7-13-9-6-10-14(12-13)8-4-5-11-15-2/h6,9-10,12H,3-5,7-8,11H2,1-2H3. The molecule has 15 heavy (non-hydrogen) atoms. The lowest BCUT2D eigenvalue weighted by Crippen LogP contribution is -1.92. The molecular formula is C14H22O. The third kappa shape index (κ3) is 4.98. The Bertz CT molecular complexity index is 268. The Morgan fingerprint density at radius 1 is 1.07 bits per heavy atom. The molecule has 1 aromatic rings. The average molecular weight is 206 g/mol. The summed E-state index contributed by atoms with van der Waals surface area (Å²) in [6, 6.07) is 8.97. The molecule has 0 fully saturated rings. The van der Waals surface area contributed by atoms with Crippen LogP contribution in [0.25, 0.3) is 0 Å². The van der Waals surface area contributed by atoms with E-state index in [0.29, 0.717) is 0 Å². The third-order valence-corrected chi connectivity index (χ3v) is 2.59. The van der Waals surface area contributed by atoms with E-state index in [4.69, 9.17) is 4.74 Å². The predicted octanol–water partition coefficient (Wildman–Crippen LogP) is 3.61. The van der Waals surface area contributed by atoms with Crippen molar-refractivity contribution in [1.82, 2.24) is 0 Å². The van der Waals surface area contributed by atoms with E-state index in [2.05, 4.69) is 31.2 Å². The molecule has 0 spiro atoms. The van der Waals surface area contributed by atoms with Crippen LogP contribution >= 0.6 is 0 Å². The van der Waals surface area contributed by atoms with Crippen molar-refractivity contribution < 1.29 is 4.74 Å². The molecule has 1 nitrogen and oxygen atoms in total. The van der Waals surface area contributed by atoms with Crippen molar-refractivity contribution in [3.05, 3.63) is 35.4 Å². The molecule has 0 N–H and O–H groups in total. The molecule has 0 amide bonds. The topological polar surface area (TPSA) is 9.23 Å². The Hall–Kier alpha value is -0.820. The fourth-order valence-electron chi connectivity index (χ4n) is 1.80. The van der Waals surface area contributed by atoms with E-state index in [9.17, 15) is 0 Å². The van der Waals surface area contributed by atoms with E-state index in [1.165, 1.54) is 36.8 Å². The van der Waals surface area contributed by atoms with Crippen LogP contribution in [0.15, 0.2) is 24.3 Å². The second-order valence-corrected chi connectivity index (χ2v) is 4.02. The van der Waals surface area contributed by atoms with Crippen molar-refractivity contribution in [2.45, 2.75) is 39.0 Å².